The molecule has 0 aromatic carbocycles. The number of aromatic nitrogens is 2. The Labute approximate surface area is 108 Å². The Morgan fingerprint density at radius 2 is 1.94 bits per heavy atom. The molecule has 1 aliphatic carbocycles. The molecule has 0 amide bonds. The van der Waals surface area contributed by atoms with Crippen molar-refractivity contribution >= 4 is 0 Å². The van der Waals surface area contributed by atoms with Crippen LogP contribution in [-0.2, 0) is 0 Å². The lowest BCUT2D eigenvalue weighted by Crippen LogP contribution is -2.19. The van der Waals surface area contributed by atoms with E-state index >= 15 is 0 Å². The Hall–Kier alpha value is -1.32. The number of H-pyrrole nitrogens is 1. The Balaban J connectivity index is 2.10. The van der Waals surface area contributed by atoms with Crippen LogP contribution in [0.2, 0.25) is 0 Å². The molecule has 1 saturated carbocycles. The number of hydrogen-bond donors (Lipinski definition) is 1. The minimum Gasteiger partial charge on any atom is -0.474 e. The first-order valence-corrected chi connectivity index (χ1v) is 6.93. The van der Waals surface area contributed by atoms with Gasteiger partial charge in [-0.05, 0) is 25.7 Å². The van der Waals surface area contributed by atoms with Crippen LogP contribution in [0.3, 0.4) is 0 Å². The van der Waals surface area contributed by atoms with Crippen molar-refractivity contribution in [2.75, 3.05) is 0 Å². The number of nitrogens with one attached hydrogen (secondary N) is 1. The van der Waals surface area contributed by atoms with Crippen molar-refractivity contribution in [3.8, 4) is 5.88 Å². The molecule has 0 unspecified atom stereocenters. The third kappa shape index (κ3) is 3.59. The van der Waals surface area contributed by atoms with Gasteiger partial charge in [0.1, 0.15) is 11.9 Å². The van der Waals surface area contributed by atoms with E-state index in [0.29, 0.717) is 11.7 Å². The van der Waals surface area contributed by atoms with Gasteiger partial charge in [0.25, 0.3) is 5.56 Å². The molecule has 4 nitrogen and oxygen atoms in total. The maximum Gasteiger partial charge on any atom is 0.254 e. The molecule has 0 radical (unpaired) electrons. The fourth-order valence-corrected chi connectivity index (χ4v) is 2.32. The number of hydrogen-bond acceptors (Lipinski definition) is 3. The van der Waals surface area contributed by atoms with Crippen molar-refractivity contribution in [2.24, 2.45) is 0 Å². The summed E-state index contributed by atoms with van der Waals surface area (Å²) in [7, 11) is 0. The zero-order chi connectivity index (χ0) is 13.0. The average Bonchev–Trinajstić information content (AvgIpc) is 2.57. The molecule has 1 heterocycles. The molecular formula is C14H22N2O2. The molecule has 1 aliphatic rings. The quantitative estimate of drug-likeness (QED) is 0.839. The maximum atomic E-state index is 11.5. The molecule has 4 heteroatoms. The highest BCUT2D eigenvalue weighted by Crippen LogP contribution is 2.21. The van der Waals surface area contributed by atoms with E-state index in [1.807, 2.05) is 13.8 Å². The maximum absolute atomic E-state index is 11.5. The first-order chi connectivity index (χ1) is 8.65. The summed E-state index contributed by atoms with van der Waals surface area (Å²) in [6.45, 7) is 4.02. The SMILES string of the molecule is CC(C)c1nc(OC2CCCCCC2)cc(=O)[nH]1. The van der Waals surface area contributed by atoms with E-state index < -0.39 is 0 Å². The van der Waals surface area contributed by atoms with E-state index in [0.717, 1.165) is 12.8 Å². The zero-order valence-electron chi connectivity index (χ0n) is 11.2. The van der Waals surface area contributed by atoms with Crippen LogP contribution in [0.1, 0.15) is 64.1 Å². The highest BCUT2D eigenvalue weighted by molar-refractivity contribution is 5.11. The molecule has 0 saturated heterocycles. The number of nitrogens with zero attached hydrogens (tertiary/aromatic N) is 1. The fourth-order valence-electron chi connectivity index (χ4n) is 2.32. The minimum atomic E-state index is -0.127. The first-order valence-electron chi connectivity index (χ1n) is 6.93. The van der Waals surface area contributed by atoms with Gasteiger partial charge in [-0.15, -0.1) is 0 Å². The highest BCUT2D eigenvalue weighted by atomic mass is 16.5. The molecule has 100 valence electrons. The summed E-state index contributed by atoms with van der Waals surface area (Å²) in [6, 6.07) is 1.46. The van der Waals surface area contributed by atoms with Crippen molar-refractivity contribution < 1.29 is 4.74 Å². The van der Waals surface area contributed by atoms with E-state index in [1.165, 1.54) is 31.7 Å². The minimum absolute atomic E-state index is 0.127. The third-order valence-corrected chi connectivity index (χ3v) is 3.37. The van der Waals surface area contributed by atoms with E-state index in [2.05, 4.69) is 9.97 Å². The standard InChI is InChI=1S/C14H22N2O2/c1-10(2)14-15-12(17)9-13(16-14)18-11-7-5-3-4-6-8-11/h9-11H,3-8H2,1-2H3,(H,15,16,17). The smallest absolute Gasteiger partial charge is 0.254 e. The van der Waals surface area contributed by atoms with Gasteiger partial charge >= 0.3 is 0 Å². The predicted octanol–water partition coefficient (Wildman–Crippen LogP) is 2.99. The van der Waals surface area contributed by atoms with Gasteiger partial charge in [0.05, 0.1) is 6.07 Å². The van der Waals surface area contributed by atoms with Gasteiger partial charge in [0.2, 0.25) is 5.88 Å². The first kappa shape index (κ1) is 13.1. The molecule has 1 N–H and O–H groups in total. The molecule has 1 fully saturated rings. The van der Waals surface area contributed by atoms with Crippen LogP contribution in [0.15, 0.2) is 10.9 Å². The summed E-state index contributed by atoms with van der Waals surface area (Å²) in [6.07, 6.45) is 7.38. The second-order valence-electron chi connectivity index (χ2n) is 5.35. The van der Waals surface area contributed by atoms with E-state index in [4.69, 9.17) is 4.74 Å². The fraction of sp³-hybridized carbons (Fsp3) is 0.714. The Morgan fingerprint density at radius 1 is 1.28 bits per heavy atom. The topological polar surface area (TPSA) is 55.0 Å². The van der Waals surface area contributed by atoms with Crippen LogP contribution < -0.4 is 10.3 Å². The van der Waals surface area contributed by atoms with Gasteiger partial charge in [-0.1, -0.05) is 26.7 Å². The second-order valence-corrected chi connectivity index (χ2v) is 5.35. The van der Waals surface area contributed by atoms with E-state index in [-0.39, 0.29) is 17.6 Å². The number of aromatic amines is 1. The Kier molecular flexibility index (Phi) is 4.39. The molecular weight excluding hydrogens is 228 g/mol. The third-order valence-electron chi connectivity index (χ3n) is 3.37. The molecule has 0 aliphatic heterocycles. The molecule has 0 atom stereocenters. The summed E-state index contributed by atoms with van der Waals surface area (Å²) >= 11 is 0. The zero-order valence-corrected chi connectivity index (χ0v) is 11.2. The lowest BCUT2D eigenvalue weighted by atomic mass is 10.1. The van der Waals surface area contributed by atoms with E-state index in [1.54, 1.807) is 0 Å². The molecule has 2 rings (SSSR count). The molecule has 0 bridgehead atoms. The van der Waals surface area contributed by atoms with Crippen LogP contribution in [0.25, 0.3) is 0 Å². The predicted molar refractivity (Wildman–Crippen MR) is 71.1 cm³/mol. The van der Waals surface area contributed by atoms with Crippen molar-refractivity contribution in [1.82, 2.24) is 9.97 Å². The van der Waals surface area contributed by atoms with Crippen LogP contribution in [0.4, 0.5) is 0 Å². The van der Waals surface area contributed by atoms with Gasteiger partial charge in [-0.2, -0.15) is 4.98 Å². The monoisotopic (exact) mass is 250 g/mol. The summed E-state index contributed by atoms with van der Waals surface area (Å²) < 4.78 is 5.88. The molecule has 1 aromatic rings. The summed E-state index contributed by atoms with van der Waals surface area (Å²) in [5.41, 5.74) is -0.127. The van der Waals surface area contributed by atoms with Gasteiger partial charge in [-0.25, -0.2) is 0 Å². The van der Waals surface area contributed by atoms with E-state index in [9.17, 15) is 4.79 Å². The highest BCUT2D eigenvalue weighted by Gasteiger charge is 2.15. The average molecular weight is 250 g/mol. The van der Waals surface area contributed by atoms with Crippen LogP contribution >= 0.6 is 0 Å². The van der Waals surface area contributed by atoms with Gasteiger partial charge < -0.3 is 9.72 Å². The summed E-state index contributed by atoms with van der Waals surface area (Å²) in [5, 5.41) is 0. The van der Waals surface area contributed by atoms with Gasteiger partial charge in [0.15, 0.2) is 0 Å². The number of ether oxygens (including phenoxy) is 1. The largest absolute Gasteiger partial charge is 0.474 e. The Morgan fingerprint density at radius 3 is 2.56 bits per heavy atom. The number of rotatable bonds is 3. The van der Waals surface area contributed by atoms with Crippen LogP contribution in [0.5, 0.6) is 5.88 Å². The molecule has 1 aromatic heterocycles. The van der Waals surface area contributed by atoms with Gasteiger partial charge in [0, 0.05) is 5.92 Å². The van der Waals surface area contributed by atoms with Crippen molar-refractivity contribution in [2.45, 2.75) is 64.4 Å². The second kappa shape index (κ2) is 6.03. The van der Waals surface area contributed by atoms with Gasteiger partial charge in [-0.3, -0.25) is 4.79 Å². The van der Waals surface area contributed by atoms with Crippen molar-refractivity contribution in [1.29, 1.82) is 0 Å². The van der Waals surface area contributed by atoms with Crippen LogP contribution in [0, 0.1) is 0 Å². The summed E-state index contributed by atoms with van der Waals surface area (Å²) in [5.74, 6) is 1.39. The molecule has 0 spiro atoms. The Bertz CT molecular complexity index is 432. The lowest BCUT2D eigenvalue weighted by Gasteiger charge is -2.16. The normalized spacial score (nSPS) is 17.7. The van der Waals surface area contributed by atoms with Crippen LogP contribution in [-0.4, -0.2) is 16.1 Å². The van der Waals surface area contributed by atoms with Crippen molar-refractivity contribution in [3.63, 3.8) is 0 Å². The molecule has 18 heavy (non-hydrogen) atoms. The van der Waals surface area contributed by atoms with Crippen molar-refractivity contribution in [3.05, 3.63) is 22.2 Å². The lowest BCUT2D eigenvalue weighted by molar-refractivity contribution is 0.175. The summed E-state index contributed by atoms with van der Waals surface area (Å²) in [4.78, 5) is 18.7.